The predicted molar refractivity (Wildman–Crippen MR) is 129 cm³/mol. The molecule has 3 atom stereocenters. The molecule has 1 N–H and O–H groups in total. The fourth-order valence-electron chi connectivity index (χ4n) is 5.53. The number of nitrogens with zero attached hydrogens (tertiary/aromatic N) is 1. The monoisotopic (exact) mass is 463 g/mol. The number of morpholine rings is 1. The molecule has 2 aromatic carbocycles. The van der Waals surface area contributed by atoms with Gasteiger partial charge >= 0.3 is 0 Å². The summed E-state index contributed by atoms with van der Waals surface area (Å²) in [7, 11) is 0. The van der Waals surface area contributed by atoms with E-state index < -0.39 is 6.29 Å². The van der Waals surface area contributed by atoms with Gasteiger partial charge in [-0.3, -0.25) is 4.79 Å². The lowest BCUT2D eigenvalue weighted by Crippen LogP contribution is -2.44. The Kier molecular flexibility index (Phi) is 6.99. The average Bonchev–Trinajstić information content (AvgIpc) is 3.27. The van der Waals surface area contributed by atoms with Crippen LogP contribution in [0.3, 0.4) is 0 Å². The molecule has 2 aliphatic heterocycles. The number of carbonyl (C=O) groups excluding carboxylic acids is 1. The van der Waals surface area contributed by atoms with Crippen molar-refractivity contribution < 1.29 is 24.1 Å². The molecular formula is C28H33NO5. The fourth-order valence-corrected chi connectivity index (χ4v) is 5.53. The van der Waals surface area contributed by atoms with Gasteiger partial charge in [-0.15, -0.1) is 0 Å². The molecule has 2 heterocycles. The summed E-state index contributed by atoms with van der Waals surface area (Å²) in [6.45, 7) is 4.76. The van der Waals surface area contributed by atoms with Crippen LogP contribution in [0.25, 0.3) is 11.1 Å². The summed E-state index contributed by atoms with van der Waals surface area (Å²) in [5.74, 6) is 0.220. The second kappa shape index (κ2) is 10.3. The van der Waals surface area contributed by atoms with E-state index in [4.69, 9.17) is 14.2 Å². The average molecular weight is 464 g/mol. The van der Waals surface area contributed by atoms with Gasteiger partial charge in [0.25, 0.3) is 5.91 Å². The molecule has 0 radical (unpaired) electrons. The van der Waals surface area contributed by atoms with E-state index in [-0.39, 0.29) is 24.3 Å². The van der Waals surface area contributed by atoms with Gasteiger partial charge in [0.1, 0.15) is 0 Å². The van der Waals surface area contributed by atoms with Crippen LogP contribution in [-0.2, 0) is 25.4 Å². The zero-order chi connectivity index (χ0) is 23.5. The van der Waals surface area contributed by atoms with Crippen molar-refractivity contribution in [2.45, 2.75) is 38.4 Å². The van der Waals surface area contributed by atoms with Crippen molar-refractivity contribution in [1.29, 1.82) is 0 Å². The van der Waals surface area contributed by atoms with Crippen LogP contribution in [-0.4, -0.2) is 61.7 Å². The maximum atomic E-state index is 13.4. The number of hydrogen-bond donors (Lipinski definition) is 1. The summed E-state index contributed by atoms with van der Waals surface area (Å²) < 4.78 is 17.7. The van der Waals surface area contributed by atoms with Gasteiger partial charge in [0, 0.05) is 38.1 Å². The Balaban J connectivity index is 1.56. The van der Waals surface area contributed by atoms with Crippen molar-refractivity contribution in [2.75, 3.05) is 39.5 Å². The van der Waals surface area contributed by atoms with Crippen LogP contribution in [0.5, 0.6) is 0 Å². The number of ether oxygens (including phenoxy) is 3. The Bertz CT molecular complexity index is 1060. The van der Waals surface area contributed by atoms with Crippen molar-refractivity contribution in [3.05, 3.63) is 71.0 Å². The summed E-state index contributed by atoms with van der Waals surface area (Å²) in [6.07, 6.45) is 3.76. The van der Waals surface area contributed by atoms with Gasteiger partial charge in [-0.05, 0) is 60.1 Å². The first-order chi connectivity index (χ1) is 16.7. The Hall–Kier alpha value is -2.67. The smallest absolute Gasteiger partial charge is 0.288 e. The highest BCUT2D eigenvalue weighted by Gasteiger charge is 2.40. The molecule has 2 aromatic rings. The van der Waals surface area contributed by atoms with Gasteiger partial charge in [-0.2, -0.15) is 0 Å². The largest absolute Gasteiger partial charge is 0.459 e. The van der Waals surface area contributed by atoms with Crippen molar-refractivity contribution in [3.63, 3.8) is 0 Å². The first kappa shape index (κ1) is 23.1. The molecule has 0 bridgehead atoms. The van der Waals surface area contributed by atoms with E-state index in [1.807, 2.05) is 13.0 Å². The molecule has 1 fully saturated rings. The minimum atomic E-state index is -0.536. The minimum Gasteiger partial charge on any atom is -0.459 e. The Morgan fingerprint density at radius 2 is 1.91 bits per heavy atom. The minimum absolute atomic E-state index is 0.00329. The number of hydrogen-bond acceptors (Lipinski definition) is 5. The molecule has 0 spiro atoms. The van der Waals surface area contributed by atoms with Crippen LogP contribution in [0.2, 0.25) is 0 Å². The van der Waals surface area contributed by atoms with Gasteiger partial charge in [0.05, 0.1) is 13.2 Å². The molecule has 1 saturated heterocycles. The van der Waals surface area contributed by atoms with Gasteiger partial charge in [-0.1, -0.05) is 42.5 Å². The van der Waals surface area contributed by atoms with Crippen LogP contribution in [0, 0.1) is 5.92 Å². The molecule has 6 heteroatoms. The van der Waals surface area contributed by atoms with Crippen LogP contribution in [0.15, 0.2) is 54.3 Å². The first-order valence-corrected chi connectivity index (χ1v) is 12.4. The van der Waals surface area contributed by atoms with E-state index in [1.54, 1.807) is 4.90 Å². The van der Waals surface area contributed by atoms with E-state index in [1.165, 1.54) is 27.8 Å². The number of amides is 1. The quantitative estimate of drug-likeness (QED) is 0.576. The molecule has 0 unspecified atom stereocenters. The van der Waals surface area contributed by atoms with Crippen molar-refractivity contribution >= 4 is 5.91 Å². The number of aliphatic hydroxyl groups is 1. The van der Waals surface area contributed by atoms with E-state index in [9.17, 15) is 9.90 Å². The van der Waals surface area contributed by atoms with Gasteiger partial charge in [0.15, 0.2) is 5.76 Å². The molecule has 3 aliphatic rings. The zero-order valence-electron chi connectivity index (χ0n) is 19.7. The molecule has 0 saturated carbocycles. The molecule has 6 nitrogen and oxygen atoms in total. The number of fused-ring (bicyclic) bond motifs is 3. The Morgan fingerprint density at radius 1 is 1.12 bits per heavy atom. The van der Waals surface area contributed by atoms with Crippen LogP contribution < -0.4 is 0 Å². The van der Waals surface area contributed by atoms with Crippen LogP contribution >= 0.6 is 0 Å². The highest BCUT2D eigenvalue weighted by atomic mass is 16.7. The molecule has 5 rings (SSSR count). The Labute approximate surface area is 201 Å². The highest BCUT2D eigenvalue weighted by Crippen LogP contribution is 2.46. The molecular weight excluding hydrogens is 430 g/mol. The normalized spacial score (nSPS) is 23.6. The standard InChI is InChI=1S/C28H33NO5/c1-2-33-28-23(11-6-14-30)25(18-26(34-28)27(31)29-12-15-32-16-13-29)22-10-5-9-21-20-8-4-3-7-19(20)17-24(21)22/h3-5,7-10,18,23,25,28,30H,2,6,11-17H2,1H3/t23-,25-,28-/m1/s1. The lowest BCUT2D eigenvalue weighted by molar-refractivity contribution is -0.171. The van der Waals surface area contributed by atoms with Crippen LogP contribution in [0.1, 0.15) is 42.4 Å². The summed E-state index contributed by atoms with van der Waals surface area (Å²) in [5, 5.41) is 9.58. The van der Waals surface area contributed by atoms with Crippen LogP contribution in [0.4, 0.5) is 0 Å². The summed E-state index contributed by atoms with van der Waals surface area (Å²) in [5.41, 5.74) is 6.42. The van der Waals surface area contributed by atoms with E-state index in [0.29, 0.717) is 45.1 Å². The molecule has 0 aromatic heterocycles. The van der Waals surface area contributed by atoms with Gasteiger partial charge < -0.3 is 24.2 Å². The molecule has 180 valence electrons. The molecule has 1 amide bonds. The highest BCUT2D eigenvalue weighted by molar-refractivity contribution is 5.92. The van der Waals surface area contributed by atoms with E-state index in [0.717, 1.165) is 12.8 Å². The molecule has 1 aliphatic carbocycles. The van der Waals surface area contributed by atoms with Gasteiger partial charge in [-0.25, -0.2) is 0 Å². The number of allylic oxidation sites excluding steroid dienone is 1. The lowest BCUT2D eigenvalue weighted by Gasteiger charge is -2.39. The SMILES string of the molecule is CCO[C@@H]1OC(C(=O)N2CCOCC2)=C[C@H](c2cccc3c2Cc2ccccc2-3)[C@H]1CCCO. The number of benzene rings is 2. The number of carbonyl (C=O) groups is 1. The van der Waals surface area contributed by atoms with Crippen molar-refractivity contribution in [1.82, 2.24) is 4.90 Å². The second-order valence-electron chi connectivity index (χ2n) is 9.14. The number of rotatable bonds is 7. The van der Waals surface area contributed by atoms with E-state index >= 15 is 0 Å². The predicted octanol–water partition coefficient (Wildman–Crippen LogP) is 3.87. The fraction of sp³-hybridized carbons (Fsp3) is 0.464. The third kappa shape index (κ3) is 4.38. The number of aliphatic hydroxyl groups excluding tert-OH is 1. The third-order valence-corrected chi connectivity index (χ3v) is 7.17. The topological polar surface area (TPSA) is 68.2 Å². The van der Waals surface area contributed by atoms with Crippen molar-refractivity contribution in [3.8, 4) is 11.1 Å². The third-order valence-electron chi connectivity index (χ3n) is 7.17. The summed E-state index contributed by atoms with van der Waals surface area (Å²) >= 11 is 0. The molecule has 34 heavy (non-hydrogen) atoms. The van der Waals surface area contributed by atoms with Gasteiger partial charge in [0.2, 0.25) is 6.29 Å². The summed E-state index contributed by atoms with van der Waals surface area (Å²) in [4.78, 5) is 15.2. The van der Waals surface area contributed by atoms with E-state index in [2.05, 4.69) is 42.5 Å². The maximum Gasteiger partial charge on any atom is 0.288 e. The zero-order valence-corrected chi connectivity index (χ0v) is 19.7. The lowest BCUT2D eigenvalue weighted by atomic mass is 9.78. The summed E-state index contributed by atoms with van der Waals surface area (Å²) in [6, 6.07) is 15.0. The van der Waals surface area contributed by atoms with Crippen molar-refractivity contribution in [2.24, 2.45) is 5.92 Å². The Morgan fingerprint density at radius 3 is 2.71 bits per heavy atom. The second-order valence-corrected chi connectivity index (χ2v) is 9.14. The maximum absolute atomic E-state index is 13.4. The first-order valence-electron chi connectivity index (χ1n) is 12.4.